The standard InChI is InChI=1S/C15H32N4S/c1-12(2)13-10-19(8-9-20-13)14(16-5)17-11-15(3,4)18(6)7/h12-13H,8-11H2,1-7H3,(H,16,17). The Labute approximate surface area is 129 Å². The molecule has 1 heterocycles. The van der Waals surface area contributed by atoms with Gasteiger partial charge in [0.15, 0.2) is 5.96 Å². The van der Waals surface area contributed by atoms with E-state index in [9.17, 15) is 0 Å². The summed E-state index contributed by atoms with van der Waals surface area (Å²) in [6.45, 7) is 12.2. The largest absolute Gasteiger partial charge is 0.354 e. The first-order valence-corrected chi connectivity index (χ1v) is 8.57. The SMILES string of the molecule is CN=C(NCC(C)(C)N(C)C)N1CCSC(C(C)C)C1. The summed E-state index contributed by atoms with van der Waals surface area (Å²) in [6.07, 6.45) is 0. The normalized spacial score (nSPS) is 21.8. The lowest BCUT2D eigenvalue weighted by molar-refractivity contribution is 0.195. The number of hydrogen-bond acceptors (Lipinski definition) is 3. The van der Waals surface area contributed by atoms with Gasteiger partial charge in [-0.3, -0.25) is 4.99 Å². The summed E-state index contributed by atoms with van der Waals surface area (Å²) in [5, 5.41) is 4.26. The van der Waals surface area contributed by atoms with E-state index in [-0.39, 0.29) is 5.54 Å². The van der Waals surface area contributed by atoms with Gasteiger partial charge in [0.05, 0.1) is 0 Å². The zero-order valence-corrected chi connectivity index (χ0v) is 15.0. The minimum atomic E-state index is 0.123. The van der Waals surface area contributed by atoms with Crippen molar-refractivity contribution in [1.82, 2.24) is 15.1 Å². The first-order chi connectivity index (χ1) is 9.27. The first-order valence-electron chi connectivity index (χ1n) is 7.52. The maximum absolute atomic E-state index is 4.47. The van der Waals surface area contributed by atoms with Crippen LogP contribution in [0, 0.1) is 5.92 Å². The molecule has 1 atom stereocenters. The molecule has 0 spiro atoms. The summed E-state index contributed by atoms with van der Waals surface area (Å²) < 4.78 is 0. The molecule has 0 aromatic carbocycles. The molecular formula is C15H32N4S. The molecule has 118 valence electrons. The van der Waals surface area contributed by atoms with Gasteiger partial charge in [0.2, 0.25) is 0 Å². The predicted octanol–water partition coefficient (Wildman–Crippen LogP) is 1.98. The van der Waals surface area contributed by atoms with Gasteiger partial charge in [0, 0.05) is 43.2 Å². The van der Waals surface area contributed by atoms with E-state index in [1.165, 1.54) is 5.75 Å². The Hall–Kier alpha value is -0.420. The minimum Gasteiger partial charge on any atom is -0.354 e. The Kier molecular flexibility index (Phi) is 6.65. The van der Waals surface area contributed by atoms with Crippen LogP contribution in [0.2, 0.25) is 0 Å². The summed E-state index contributed by atoms with van der Waals surface area (Å²) in [5.41, 5.74) is 0.123. The third-order valence-electron chi connectivity index (χ3n) is 4.24. The zero-order valence-electron chi connectivity index (χ0n) is 14.2. The van der Waals surface area contributed by atoms with E-state index in [1.807, 2.05) is 7.05 Å². The van der Waals surface area contributed by atoms with Crippen molar-refractivity contribution in [2.75, 3.05) is 46.5 Å². The van der Waals surface area contributed by atoms with Gasteiger partial charge in [-0.2, -0.15) is 11.8 Å². The Bertz CT molecular complexity index is 326. The van der Waals surface area contributed by atoms with Gasteiger partial charge >= 0.3 is 0 Å². The van der Waals surface area contributed by atoms with Crippen LogP contribution in [0.25, 0.3) is 0 Å². The number of nitrogens with zero attached hydrogens (tertiary/aromatic N) is 3. The summed E-state index contributed by atoms with van der Waals surface area (Å²) in [4.78, 5) is 9.13. The summed E-state index contributed by atoms with van der Waals surface area (Å²) in [5.74, 6) is 2.96. The van der Waals surface area contributed by atoms with Crippen molar-refractivity contribution in [2.24, 2.45) is 10.9 Å². The molecule has 0 saturated carbocycles. The van der Waals surface area contributed by atoms with E-state index >= 15 is 0 Å². The van der Waals surface area contributed by atoms with Crippen LogP contribution in [0.3, 0.4) is 0 Å². The monoisotopic (exact) mass is 300 g/mol. The fourth-order valence-electron chi connectivity index (χ4n) is 2.06. The lowest BCUT2D eigenvalue weighted by atomic mass is 10.0. The van der Waals surface area contributed by atoms with E-state index in [0.717, 1.165) is 31.5 Å². The second-order valence-corrected chi connectivity index (χ2v) is 8.05. The van der Waals surface area contributed by atoms with Crippen molar-refractivity contribution in [1.29, 1.82) is 0 Å². The highest BCUT2D eigenvalue weighted by molar-refractivity contribution is 8.00. The van der Waals surface area contributed by atoms with Crippen LogP contribution in [0.4, 0.5) is 0 Å². The Balaban J connectivity index is 2.59. The first kappa shape index (κ1) is 17.6. The molecule has 0 aromatic heterocycles. The van der Waals surface area contributed by atoms with E-state index in [4.69, 9.17) is 0 Å². The minimum absolute atomic E-state index is 0.123. The molecule has 1 unspecified atom stereocenters. The average molecular weight is 301 g/mol. The molecule has 4 nitrogen and oxygen atoms in total. The quantitative estimate of drug-likeness (QED) is 0.635. The Morgan fingerprint density at radius 1 is 1.45 bits per heavy atom. The van der Waals surface area contributed by atoms with Crippen molar-refractivity contribution in [3.8, 4) is 0 Å². The van der Waals surface area contributed by atoms with E-state index in [1.54, 1.807) is 0 Å². The van der Waals surface area contributed by atoms with Gasteiger partial charge in [0.1, 0.15) is 0 Å². The lowest BCUT2D eigenvalue weighted by Crippen LogP contribution is -2.54. The Morgan fingerprint density at radius 2 is 2.10 bits per heavy atom. The number of aliphatic imine (C=N–C) groups is 1. The highest BCUT2D eigenvalue weighted by Gasteiger charge is 2.26. The van der Waals surface area contributed by atoms with Gasteiger partial charge in [0.25, 0.3) is 0 Å². The molecule has 1 N–H and O–H groups in total. The number of rotatable bonds is 4. The molecule has 1 rings (SSSR count). The molecule has 0 amide bonds. The number of likely N-dealkylation sites (N-methyl/N-ethyl adjacent to an activating group) is 1. The van der Waals surface area contributed by atoms with Crippen LogP contribution >= 0.6 is 11.8 Å². The van der Waals surface area contributed by atoms with Crippen LogP contribution in [-0.4, -0.2) is 73.1 Å². The topological polar surface area (TPSA) is 30.9 Å². The van der Waals surface area contributed by atoms with Crippen LogP contribution in [0.5, 0.6) is 0 Å². The summed E-state index contributed by atoms with van der Waals surface area (Å²) in [7, 11) is 6.13. The maximum Gasteiger partial charge on any atom is 0.193 e. The second kappa shape index (κ2) is 7.55. The van der Waals surface area contributed by atoms with Crippen LogP contribution < -0.4 is 5.32 Å². The van der Waals surface area contributed by atoms with Gasteiger partial charge in [-0.05, 0) is 33.9 Å². The molecular weight excluding hydrogens is 268 g/mol. The summed E-state index contributed by atoms with van der Waals surface area (Å²) >= 11 is 2.10. The number of hydrogen-bond donors (Lipinski definition) is 1. The number of guanidine groups is 1. The van der Waals surface area contributed by atoms with E-state index < -0.39 is 0 Å². The third kappa shape index (κ3) is 4.85. The fourth-order valence-corrected chi connectivity index (χ4v) is 3.36. The number of thioether (sulfide) groups is 1. The molecule has 1 fully saturated rings. The summed E-state index contributed by atoms with van der Waals surface area (Å²) in [6, 6.07) is 0. The molecule has 5 heteroatoms. The van der Waals surface area contributed by atoms with Gasteiger partial charge in [-0.15, -0.1) is 0 Å². The highest BCUT2D eigenvalue weighted by atomic mass is 32.2. The third-order valence-corrected chi connectivity index (χ3v) is 5.78. The predicted molar refractivity (Wildman–Crippen MR) is 91.8 cm³/mol. The van der Waals surface area contributed by atoms with Crippen LogP contribution in [0.15, 0.2) is 4.99 Å². The van der Waals surface area contributed by atoms with Gasteiger partial charge in [-0.25, -0.2) is 0 Å². The number of nitrogens with one attached hydrogen (secondary N) is 1. The van der Waals surface area contributed by atoms with Crippen molar-refractivity contribution in [3.63, 3.8) is 0 Å². The molecule has 1 aliphatic heterocycles. The molecule has 0 bridgehead atoms. The van der Waals surface area contributed by atoms with Crippen molar-refractivity contribution in [3.05, 3.63) is 0 Å². The highest BCUT2D eigenvalue weighted by Crippen LogP contribution is 2.24. The van der Waals surface area contributed by atoms with E-state index in [0.29, 0.717) is 5.25 Å². The molecule has 1 saturated heterocycles. The van der Waals surface area contributed by atoms with Crippen LogP contribution in [0.1, 0.15) is 27.7 Å². The fraction of sp³-hybridized carbons (Fsp3) is 0.933. The zero-order chi connectivity index (χ0) is 15.3. The molecule has 1 aliphatic rings. The molecule has 0 aromatic rings. The van der Waals surface area contributed by atoms with Gasteiger partial charge in [-0.1, -0.05) is 13.8 Å². The van der Waals surface area contributed by atoms with Crippen molar-refractivity contribution >= 4 is 17.7 Å². The van der Waals surface area contributed by atoms with Crippen molar-refractivity contribution < 1.29 is 0 Å². The van der Waals surface area contributed by atoms with Crippen molar-refractivity contribution in [2.45, 2.75) is 38.5 Å². The molecule has 0 aliphatic carbocycles. The average Bonchev–Trinajstić information content (AvgIpc) is 2.39. The Morgan fingerprint density at radius 3 is 2.60 bits per heavy atom. The molecule has 0 radical (unpaired) electrons. The second-order valence-electron chi connectivity index (χ2n) is 6.71. The van der Waals surface area contributed by atoms with E-state index in [2.05, 4.69) is 73.7 Å². The maximum atomic E-state index is 4.47. The molecule has 20 heavy (non-hydrogen) atoms. The van der Waals surface area contributed by atoms with Gasteiger partial charge < -0.3 is 15.1 Å². The van der Waals surface area contributed by atoms with Crippen LogP contribution in [-0.2, 0) is 0 Å². The lowest BCUT2D eigenvalue weighted by Gasteiger charge is -2.38. The smallest absolute Gasteiger partial charge is 0.193 e.